The van der Waals surface area contributed by atoms with E-state index < -0.39 is 0 Å². The lowest BCUT2D eigenvalue weighted by molar-refractivity contribution is 0.331. The molecule has 0 aliphatic carbocycles. The molecule has 21 heavy (non-hydrogen) atoms. The smallest absolute Gasteiger partial charge is 0.125 e. The van der Waals surface area contributed by atoms with Crippen LogP contribution >= 0.6 is 0 Å². The molecule has 0 bridgehead atoms. The second-order valence-electron chi connectivity index (χ2n) is 5.49. The standard InChI is InChI=1S/C18H20N2O/c1-20(13-14-6-3-2-4-7-14)11-10-15-12-19-16-8-5-9-17(21)18(15)16/h2-9,12,19,21H,10-11,13H2,1H3. The molecule has 0 unspecified atom stereocenters. The van der Waals surface area contributed by atoms with Crippen LogP contribution in [0.2, 0.25) is 0 Å². The van der Waals surface area contributed by atoms with Crippen LogP contribution in [0.5, 0.6) is 5.75 Å². The summed E-state index contributed by atoms with van der Waals surface area (Å²) in [5, 5.41) is 11.0. The molecule has 0 saturated carbocycles. The van der Waals surface area contributed by atoms with Crippen LogP contribution in [-0.2, 0) is 13.0 Å². The average Bonchev–Trinajstić information content (AvgIpc) is 2.91. The van der Waals surface area contributed by atoms with E-state index in [-0.39, 0.29) is 0 Å². The molecular formula is C18H20N2O. The van der Waals surface area contributed by atoms with Crippen molar-refractivity contribution in [1.82, 2.24) is 9.88 Å². The van der Waals surface area contributed by atoms with Crippen molar-refractivity contribution in [2.24, 2.45) is 0 Å². The molecule has 3 aromatic rings. The maximum Gasteiger partial charge on any atom is 0.125 e. The number of nitrogens with one attached hydrogen (secondary N) is 1. The van der Waals surface area contributed by atoms with Crippen molar-refractivity contribution in [3.63, 3.8) is 0 Å². The highest BCUT2D eigenvalue weighted by atomic mass is 16.3. The molecule has 1 heterocycles. The molecule has 0 aliphatic rings. The summed E-state index contributed by atoms with van der Waals surface area (Å²) >= 11 is 0. The zero-order valence-corrected chi connectivity index (χ0v) is 12.2. The van der Waals surface area contributed by atoms with E-state index in [1.807, 2.05) is 24.4 Å². The van der Waals surface area contributed by atoms with Gasteiger partial charge >= 0.3 is 0 Å². The minimum Gasteiger partial charge on any atom is -0.507 e. The minimum absolute atomic E-state index is 0.356. The molecule has 0 saturated heterocycles. The molecule has 0 fully saturated rings. The highest BCUT2D eigenvalue weighted by Crippen LogP contribution is 2.27. The number of hydrogen-bond donors (Lipinski definition) is 2. The number of H-pyrrole nitrogens is 1. The first-order chi connectivity index (χ1) is 10.2. The van der Waals surface area contributed by atoms with E-state index in [1.165, 1.54) is 11.1 Å². The average molecular weight is 280 g/mol. The first-order valence-corrected chi connectivity index (χ1v) is 7.24. The second-order valence-corrected chi connectivity index (χ2v) is 5.49. The molecule has 108 valence electrons. The Hall–Kier alpha value is -2.26. The Morgan fingerprint density at radius 1 is 1.05 bits per heavy atom. The fourth-order valence-electron chi connectivity index (χ4n) is 2.72. The lowest BCUT2D eigenvalue weighted by atomic mass is 10.1. The molecule has 0 spiro atoms. The lowest BCUT2D eigenvalue weighted by Gasteiger charge is -2.16. The van der Waals surface area contributed by atoms with Crippen LogP contribution in [-0.4, -0.2) is 28.6 Å². The minimum atomic E-state index is 0.356. The van der Waals surface area contributed by atoms with E-state index >= 15 is 0 Å². The summed E-state index contributed by atoms with van der Waals surface area (Å²) < 4.78 is 0. The van der Waals surface area contributed by atoms with Gasteiger partial charge in [-0.1, -0.05) is 36.4 Å². The van der Waals surface area contributed by atoms with Crippen LogP contribution in [0.4, 0.5) is 0 Å². The van der Waals surface area contributed by atoms with Gasteiger partial charge in [0.05, 0.1) is 0 Å². The number of benzene rings is 2. The summed E-state index contributed by atoms with van der Waals surface area (Å²) in [5.74, 6) is 0.356. The largest absolute Gasteiger partial charge is 0.507 e. The quantitative estimate of drug-likeness (QED) is 0.750. The lowest BCUT2D eigenvalue weighted by Crippen LogP contribution is -2.20. The number of nitrogens with zero attached hydrogens (tertiary/aromatic N) is 1. The molecule has 0 atom stereocenters. The van der Waals surface area contributed by atoms with Crippen LogP contribution in [0.1, 0.15) is 11.1 Å². The fraction of sp³-hybridized carbons (Fsp3) is 0.222. The van der Waals surface area contributed by atoms with Gasteiger partial charge in [0.25, 0.3) is 0 Å². The maximum atomic E-state index is 10.0. The number of phenols is 1. The van der Waals surface area contributed by atoms with Gasteiger partial charge in [-0.05, 0) is 36.7 Å². The first-order valence-electron chi connectivity index (χ1n) is 7.24. The number of likely N-dealkylation sites (N-methyl/N-ethyl adjacent to an activating group) is 1. The summed E-state index contributed by atoms with van der Waals surface area (Å²) in [7, 11) is 2.13. The monoisotopic (exact) mass is 280 g/mol. The van der Waals surface area contributed by atoms with Crippen LogP contribution < -0.4 is 0 Å². The molecule has 2 N–H and O–H groups in total. The summed E-state index contributed by atoms with van der Waals surface area (Å²) in [6.45, 7) is 1.89. The molecule has 1 aromatic heterocycles. The molecule has 2 aromatic carbocycles. The molecular weight excluding hydrogens is 260 g/mol. The number of aromatic nitrogens is 1. The van der Waals surface area contributed by atoms with Crippen LogP contribution in [0.25, 0.3) is 10.9 Å². The van der Waals surface area contributed by atoms with Crippen molar-refractivity contribution in [3.05, 3.63) is 65.9 Å². The Bertz CT molecular complexity index is 718. The molecule has 0 aliphatic heterocycles. The van der Waals surface area contributed by atoms with Gasteiger partial charge in [0, 0.05) is 30.2 Å². The SMILES string of the molecule is CN(CCc1c[nH]c2cccc(O)c12)Cc1ccccc1. The zero-order valence-electron chi connectivity index (χ0n) is 12.2. The topological polar surface area (TPSA) is 39.3 Å². The summed E-state index contributed by atoms with van der Waals surface area (Å²) in [6.07, 6.45) is 2.92. The van der Waals surface area contributed by atoms with Crippen molar-refractivity contribution < 1.29 is 5.11 Å². The molecule has 0 radical (unpaired) electrons. The Labute approximate surface area is 124 Å². The van der Waals surface area contributed by atoms with E-state index in [2.05, 4.69) is 41.2 Å². The van der Waals surface area contributed by atoms with Gasteiger partial charge in [0.2, 0.25) is 0 Å². The Morgan fingerprint density at radius 2 is 1.86 bits per heavy atom. The van der Waals surface area contributed by atoms with Crippen LogP contribution in [0.3, 0.4) is 0 Å². The van der Waals surface area contributed by atoms with Gasteiger partial charge in [-0.25, -0.2) is 0 Å². The highest BCUT2D eigenvalue weighted by molar-refractivity contribution is 5.88. The van der Waals surface area contributed by atoms with Crippen LogP contribution in [0.15, 0.2) is 54.7 Å². The Balaban J connectivity index is 1.66. The number of fused-ring (bicyclic) bond motifs is 1. The van der Waals surface area contributed by atoms with Crippen molar-refractivity contribution in [2.75, 3.05) is 13.6 Å². The van der Waals surface area contributed by atoms with Crippen molar-refractivity contribution >= 4 is 10.9 Å². The van der Waals surface area contributed by atoms with E-state index in [1.54, 1.807) is 6.07 Å². The van der Waals surface area contributed by atoms with E-state index in [4.69, 9.17) is 0 Å². The third-order valence-electron chi connectivity index (χ3n) is 3.82. The number of phenolic OH excluding ortho intramolecular Hbond substituents is 1. The van der Waals surface area contributed by atoms with E-state index in [0.717, 1.165) is 30.4 Å². The molecule has 3 rings (SSSR count). The maximum absolute atomic E-state index is 10.0. The highest BCUT2D eigenvalue weighted by Gasteiger charge is 2.09. The van der Waals surface area contributed by atoms with Gasteiger partial charge in [-0.2, -0.15) is 0 Å². The molecule has 3 heteroatoms. The summed E-state index contributed by atoms with van der Waals surface area (Å²) in [6, 6.07) is 16.1. The number of aromatic hydroxyl groups is 1. The normalized spacial score (nSPS) is 11.3. The first kappa shape index (κ1) is 13.7. The van der Waals surface area contributed by atoms with E-state index in [9.17, 15) is 5.11 Å². The number of hydrogen-bond acceptors (Lipinski definition) is 2. The van der Waals surface area contributed by atoms with E-state index in [0.29, 0.717) is 5.75 Å². The fourth-order valence-corrected chi connectivity index (χ4v) is 2.72. The van der Waals surface area contributed by atoms with Gasteiger partial charge in [0.1, 0.15) is 5.75 Å². The Kier molecular flexibility index (Phi) is 3.93. The van der Waals surface area contributed by atoms with Crippen LogP contribution in [0, 0.1) is 0 Å². The third-order valence-corrected chi connectivity index (χ3v) is 3.82. The Morgan fingerprint density at radius 3 is 2.67 bits per heavy atom. The van der Waals surface area contributed by atoms with Crippen molar-refractivity contribution in [1.29, 1.82) is 0 Å². The third kappa shape index (κ3) is 3.09. The summed E-state index contributed by atoms with van der Waals surface area (Å²) in [5.41, 5.74) is 3.49. The summed E-state index contributed by atoms with van der Waals surface area (Å²) in [4.78, 5) is 5.52. The number of rotatable bonds is 5. The van der Waals surface area contributed by atoms with Crippen molar-refractivity contribution in [2.45, 2.75) is 13.0 Å². The van der Waals surface area contributed by atoms with Gasteiger partial charge < -0.3 is 15.0 Å². The predicted octanol–water partition coefficient (Wildman–Crippen LogP) is 3.55. The van der Waals surface area contributed by atoms with Crippen molar-refractivity contribution in [3.8, 4) is 5.75 Å². The second kappa shape index (κ2) is 6.02. The molecule has 0 amide bonds. The molecule has 3 nitrogen and oxygen atoms in total. The van der Waals surface area contributed by atoms with Gasteiger partial charge in [-0.3, -0.25) is 0 Å². The zero-order chi connectivity index (χ0) is 14.7. The van der Waals surface area contributed by atoms with Gasteiger partial charge in [0.15, 0.2) is 0 Å². The predicted molar refractivity (Wildman–Crippen MR) is 86.4 cm³/mol. The van der Waals surface area contributed by atoms with Gasteiger partial charge in [-0.15, -0.1) is 0 Å². The number of aromatic amines is 1.